The second kappa shape index (κ2) is 2.33. The van der Waals surface area contributed by atoms with Crippen LogP contribution in [0, 0.1) is 0 Å². The lowest BCUT2D eigenvalue weighted by Gasteiger charge is -1.69. The molecule has 0 fully saturated rings. The highest BCUT2D eigenvalue weighted by Crippen LogP contribution is 1.60. The van der Waals surface area contributed by atoms with E-state index in [-0.39, 0.29) is 11.0 Å². The third kappa shape index (κ3) is 2510. The van der Waals surface area contributed by atoms with Crippen molar-refractivity contribution in [3.63, 3.8) is 0 Å². The van der Waals surface area contributed by atoms with Gasteiger partial charge in [0, 0.05) is 0 Å². The van der Waals surface area contributed by atoms with Gasteiger partial charge in [0.1, 0.15) is 0 Å². The molecule has 0 bridgehead atoms. The van der Waals surface area contributed by atoms with E-state index in [1.54, 1.807) is 0 Å². The fourth-order valence-corrected chi connectivity index (χ4v) is 0. The lowest BCUT2D eigenvalue weighted by atomic mass is 12.0. The zero-order valence-electron chi connectivity index (χ0n) is 2.67. The summed E-state index contributed by atoms with van der Waals surface area (Å²) in [5, 5.41) is 0. The van der Waals surface area contributed by atoms with Crippen molar-refractivity contribution in [2.24, 2.45) is 0 Å². The van der Waals surface area contributed by atoms with Crippen molar-refractivity contribution in [1.29, 1.82) is 0 Å². The molecule has 3 nitrogen and oxygen atoms in total. The van der Waals surface area contributed by atoms with Crippen LogP contribution in [0.5, 0.6) is 0 Å². The summed E-state index contributed by atoms with van der Waals surface area (Å²) in [6.07, 6.45) is 0.715. The number of hydrogen-bond acceptors (Lipinski definition) is 2. The van der Waals surface area contributed by atoms with Crippen LogP contribution in [0.1, 0.15) is 0 Å². The predicted octanol–water partition coefficient (Wildman–Crippen LogP) is -1.95. The molecule has 40 valence electrons. The van der Waals surface area contributed by atoms with Crippen molar-refractivity contribution >= 4 is 21.1 Å². The van der Waals surface area contributed by atoms with Crippen LogP contribution < -0.4 is 0 Å². The summed E-state index contributed by atoms with van der Waals surface area (Å²) >= 11 is 0. The van der Waals surface area contributed by atoms with Crippen LogP contribution in [-0.2, 0) is 10.1 Å². The Morgan fingerprint density at radius 1 is 1.50 bits per heavy atom. The minimum absolute atomic E-state index is 0. The fraction of sp³-hybridized carbons (Fsp3) is 1.00. The van der Waals surface area contributed by atoms with Gasteiger partial charge in [-0.15, -0.1) is 0 Å². The SMILES string of the molecule is CS(=O)(=O)O.[SiH4]. The van der Waals surface area contributed by atoms with E-state index in [0.717, 1.165) is 0 Å². The molecule has 1 N–H and O–H groups in total. The van der Waals surface area contributed by atoms with E-state index in [0.29, 0.717) is 6.26 Å². The van der Waals surface area contributed by atoms with Crippen molar-refractivity contribution in [2.75, 3.05) is 6.26 Å². The van der Waals surface area contributed by atoms with Gasteiger partial charge in [0.15, 0.2) is 0 Å². The van der Waals surface area contributed by atoms with Gasteiger partial charge in [-0.2, -0.15) is 8.42 Å². The van der Waals surface area contributed by atoms with Crippen LogP contribution in [0.4, 0.5) is 0 Å². The van der Waals surface area contributed by atoms with Crippen LogP contribution in [0.15, 0.2) is 0 Å². The second-order valence-electron chi connectivity index (χ2n) is 0.733. The summed E-state index contributed by atoms with van der Waals surface area (Å²) < 4.78 is 25.9. The highest BCUT2D eigenvalue weighted by Gasteiger charge is 1.81. The van der Waals surface area contributed by atoms with Gasteiger partial charge in [0.25, 0.3) is 10.1 Å². The van der Waals surface area contributed by atoms with Crippen molar-refractivity contribution in [3.8, 4) is 0 Å². The Morgan fingerprint density at radius 3 is 1.50 bits per heavy atom. The molecule has 0 aliphatic carbocycles. The molecule has 0 saturated carbocycles. The van der Waals surface area contributed by atoms with Crippen LogP contribution >= 0.6 is 0 Å². The summed E-state index contributed by atoms with van der Waals surface area (Å²) in [7, 11) is -3.67. The Bertz CT molecular complexity index is 94.0. The van der Waals surface area contributed by atoms with Gasteiger partial charge in [0.05, 0.1) is 6.26 Å². The van der Waals surface area contributed by atoms with Gasteiger partial charge in [-0.05, 0) is 11.0 Å². The second-order valence-corrected chi connectivity index (χ2v) is 2.20. The Kier molecular flexibility index (Phi) is 3.67. The number of hydrogen-bond donors (Lipinski definition) is 1. The van der Waals surface area contributed by atoms with Gasteiger partial charge in [-0.25, -0.2) is 0 Å². The summed E-state index contributed by atoms with van der Waals surface area (Å²) in [4.78, 5) is 0. The number of rotatable bonds is 0. The van der Waals surface area contributed by atoms with Gasteiger partial charge in [-0.1, -0.05) is 0 Å². The van der Waals surface area contributed by atoms with Crippen molar-refractivity contribution < 1.29 is 13.0 Å². The summed E-state index contributed by atoms with van der Waals surface area (Å²) in [5.74, 6) is 0. The van der Waals surface area contributed by atoms with Crippen LogP contribution in [0.2, 0.25) is 0 Å². The molecule has 0 radical (unpaired) electrons. The molecular formula is CH8O3SSi. The van der Waals surface area contributed by atoms with Crippen LogP contribution in [0.3, 0.4) is 0 Å². The molecule has 0 aliphatic rings. The van der Waals surface area contributed by atoms with Crippen LogP contribution in [-0.4, -0.2) is 30.2 Å². The topological polar surface area (TPSA) is 54.4 Å². The molecular weight excluding hydrogens is 120 g/mol. The Morgan fingerprint density at radius 2 is 1.50 bits per heavy atom. The molecule has 0 aliphatic heterocycles. The lowest BCUT2D eigenvalue weighted by Crippen LogP contribution is -1.88. The zero-order valence-corrected chi connectivity index (χ0v) is 3.49. The van der Waals surface area contributed by atoms with E-state index in [1.807, 2.05) is 0 Å². The first-order valence-electron chi connectivity index (χ1n) is 0.924. The maximum absolute atomic E-state index is 9.19. The molecule has 0 unspecified atom stereocenters. The van der Waals surface area contributed by atoms with Gasteiger partial charge in [-0.3, -0.25) is 4.55 Å². The third-order valence-corrected chi connectivity index (χ3v) is 0. The molecule has 0 aromatic carbocycles. The smallest absolute Gasteiger partial charge is 0.261 e. The molecule has 5 heteroatoms. The zero-order chi connectivity index (χ0) is 4.50. The molecule has 0 aromatic rings. The van der Waals surface area contributed by atoms with E-state index in [4.69, 9.17) is 4.55 Å². The van der Waals surface area contributed by atoms with E-state index in [1.165, 1.54) is 0 Å². The maximum Gasteiger partial charge on any atom is 0.261 e. The Labute approximate surface area is 41.1 Å². The monoisotopic (exact) mass is 128 g/mol. The molecule has 0 amide bonds. The van der Waals surface area contributed by atoms with Gasteiger partial charge < -0.3 is 0 Å². The first-order valence-corrected chi connectivity index (χ1v) is 2.77. The van der Waals surface area contributed by atoms with E-state index >= 15 is 0 Å². The molecule has 0 aromatic heterocycles. The molecule has 0 spiro atoms. The average Bonchev–Trinajstić information content (AvgIpc) is 0.722. The average molecular weight is 128 g/mol. The summed E-state index contributed by atoms with van der Waals surface area (Å²) in [6.45, 7) is 0. The lowest BCUT2D eigenvalue weighted by molar-refractivity contribution is 0.490. The fourth-order valence-electron chi connectivity index (χ4n) is 0. The highest BCUT2D eigenvalue weighted by molar-refractivity contribution is 7.85. The first kappa shape index (κ1) is 9.46. The minimum Gasteiger partial charge on any atom is -0.286 e. The maximum atomic E-state index is 9.19. The van der Waals surface area contributed by atoms with Crippen molar-refractivity contribution in [2.45, 2.75) is 0 Å². The van der Waals surface area contributed by atoms with Gasteiger partial charge >= 0.3 is 0 Å². The molecule has 0 rings (SSSR count). The minimum atomic E-state index is -3.67. The quantitative estimate of drug-likeness (QED) is 0.305. The molecule has 0 heterocycles. The highest BCUT2D eigenvalue weighted by atomic mass is 32.2. The summed E-state index contributed by atoms with van der Waals surface area (Å²) in [5.41, 5.74) is 0. The third-order valence-electron chi connectivity index (χ3n) is 0. The Balaban J connectivity index is 0. The first-order chi connectivity index (χ1) is 2.00. The largest absolute Gasteiger partial charge is 0.286 e. The van der Waals surface area contributed by atoms with E-state index in [2.05, 4.69) is 0 Å². The normalized spacial score (nSPS) is 9.67. The van der Waals surface area contributed by atoms with E-state index in [9.17, 15) is 8.42 Å². The predicted molar refractivity (Wildman–Crippen MR) is 28.8 cm³/mol. The molecule has 6 heavy (non-hydrogen) atoms. The summed E-state index contributed by atoms with van der Waals surface area (Å²) in [6, 6.07) is 0. The Hall–Kier alpha value is 0.127. The standard InChI is InChI=1S/CH4O3S.H4Si/c1-5(2,3)4;/h1H3,(H,2,3,4);1H4. The van der Waals surface area contributed by atoms with E-state index < -0.39 is 10.1 Å². The van der Waals surface area contributed by atoms with Crippen molar-refractivity contribution in [3.05, 3.63) is 0 Å². The van der Waals surface area contributed by atoms with Crippen molar-refractivity contribution in [1.82, 2.24) is 0 Å². The molecule has 0 atom stereocenters. The van der Waals surface area contributed by atoms with Crippen LogP contribution in [0.25, 0.3) is 0 Å². The van der Waals surface area contributed by atoms with Gasteiger partial charge in [0.2, 0.25) is 0 Å². The molecule has 0 saturated heterocycles.